The van der Waals surface area contributed by atoms with Crippen molar-refractivity contribution in [2.24, 2.45) is 0 Å². The van der Waals surface area contributed by atoms with E-state index in [-0.39, 0.29) is 18.5 Å². The Morgan fingerprint density at radius 2 is 0.532 bits per heavy atom. The minimum absolute atomic E-state index is 0.0256. The molecule has 6 nitrogen and oxygen atoms in total. The van der Waals surface area contributed by atoms with E-state index in [0.717, 1.165) is 44.9 Å². The first-order valence-corrected chi connectivity index (χ1v) is 43.3. The summed E-state index contributed by atoms with van der Waals surface area (Å²) in [6.45, 7) is 4.97. The molecule has 0 radical (unpaired) electrons. The first-order chi connectivity index (χ1) is 46.5. The second-order valence-electron chi connectivity index (χ2n) is 29.9. The quantitative estimate of drug-likeness (QED) is 0.0320. The van der Waals surface area contributed by atoms with Gasteiger partial charge in [-0.25, -0.2) is 0 Å². The van der Waals surface area contributed by atoms with Crippen molar-refractivity contribution in [3.8, 4) is 0 Å². The molecule has 0 aromatic carbocycles. The van der Waals surface area contributed by atoms with Gasteiger partial charge in [-0.05, 0) is 64.2 Å². The third-order valence-electron chi connectivity index (χ3n) is 20.4. The maximum atomic E-state index is 12.5. The smallest absolute Gasteiger partial charge is 0.305 e. The molecular formula is C88H169NO5. The molecule has 0 bridgehead atoms. The number of hydrogen-bond donors (Lipinski definition) is 3. The molecule has 0 aromatic rings. The van der Waals surface area contributed by atoms with Crippen molar-refractivity contribution in [1.82, 2.24) is 5.32 Å². The normalized spacial score (nSPS) is 12.6. The number of allylic oxidation sites excluding steroid dienone is 5. The van der Waals surface area contributed by atoms with E-state index in [1.807, 2.05) is 6.08 Å². The fourth-order valence-electron chi connectivity index (χ4n) is 13.8. The lowest BCUT2D eigenvalue weighted by molar-refractivity contribution is -0.143. The highest BCUT2D eigenvalue weighted by Gasteiger charge is 2.18. The molecule has 2 atom stereocenters. The number of nitrogens with one attached hydrogen (secondary N) is 1. The Balaban J connectivity index is 3.36. The number of aliphatic hydroxyl groups is 2. The fraction of sp³-hybridized carbons (Fsp3) is 0.909. The molecule has 0 rings (SSSR count). The first kappa shape index (κ1) is 92.1. The van der Waals surface area contributed by atoms with Gasteiger partial charge in [0.05, 0.1) is 25.4 Å². The van der Waals surface area contributed by atoms with E-state index in [2.05, 4.69) is 43.5 Å². The molecule has 0 aliphatic carbocycles. The van der Waals surface area contributed by atoms with Crippen LogP contribution in [0.25, 0.3) is 0 Å². The van der Waals surface area contributed by atoms with Crippen molar-refractivity contribution in [3.05, 3.63) is 36.5 Å². The molecule has 94 heavy (non-hydrogen) atoms. The van der Waals surface area contributed by atoms with E-state index in [0.29, 0.717) is 19.4 Å². The third-order valence-corrected chi connectivity index (χ3v) is 20.4. The summed E-state index contributed by atoms with van der Waals surface area (Å²) in [5.74, 6) is -0.0347. The van der Waals surface area contributed by atoms with Crippen LogP contribution in [0.5, 0.6) is 0 Å². The van der Waals surface area contributed by atoms with Gasteiger partial charge in [-0.2, -0.15) is 0 Å². The predicted octanol–water partition coefficient (Wildman–Crippen LogP) is 28.9. The van der Waals surface area contributed by atoms with Gasteiger partial charge in [0.15, 0.2) is 0 Å². The van der Waals surface area contributed by atoms with Gasteiger partial charge in [0.1, 0.15) is 0 Å². The van der Waals surface area contributed by atoms with Crippen LogP contribution in [0.4, 0.5) is 0 Å². The van der Waals surface area contributed by atoms with E-state index in [9.17, 15) is 19.8 Å². The van der Waals surface area contributed by atoms with Crippen LogP contribution in [-0.4, -0.2) is 47.4 Å². The highest BCUT2D eigenvalue weighted by atomic mass is 16.5. The number of hydrogen-bond acceptors (Lipinski definition) is 5. The highest BCUT2D eigenvalue weighted by Crippen LogP contribution is 2.20. The Labute approximate surface area is 589 Å². The minimum atomic E-state index is -0.844. The maximum absolute atomic E-state index is 12.5. The summed E-state index contributed by atoms with van der Waals surface area (Å²) >= 11 is 0. The Hall–Kier alpha value is -1.92. The van der Waals surface area contributed by atoms with Crippen molar-refractivity contribution in [2.45, 2.75) is 501 Å². The van der Waals surface area contributed by atoms with Crippen molar-refractivity contribution in [1.29, 1.82) is 0 Å². The molecule has 0 saturated heterocycles. The predicted molar refractivity (Wildman–Crippen MR) is 416 cm³/mol. The van der Waals surface area contributed by atoms with E-state index in [4.69, 9.17) is 4.74 Å². The average Bonchev–Trinajstić information content (AvgIpc) is 3.50. The molecular weight excluding hydrogens is 1150 g/mol. The van der Waals surface area contributed by atoms with Crippen LogP contribution in [0, 0.1) is 0 Å². The monoisotopic (exact) mass is 1320 g/mol. The summed E-state index contributed by atoms with van der Waals surface area (Å²) < 4.78 is 5.52. The van der Waals surface area contributed by atoms with Crippen LogP contribution < -0.4 is 5.32 Å². The third kappa shape index (κ3) is 79.1. The number of carbonyl (C=O) groups is 2. The standard InChI is InChI=1S/C88H169NO5/c1-3-5-7-9-11-13-15-17-19-21-23-45-48-52-56-60-64-68-72-76-80-86(91)85(84-90)89-87(92)81-77-73-69-65-61-57-53-49-46-43-41-39-37-35-33-31-29-27-25-24-26-28-30-32-34-36-38-40-42-44-47-51-55-59-63-67-71-75-79-83-94-88(93)82-78-74-70-66-62-58-54-50-22-20-18-16-14-12-10-8-6-4-2/h24-25,28,30,76,80,85-86,90-91H,3-23,26-27,29,31-75,77-79,81-84H2,1-2H3,(H,89,92)/b25-24-,30-28-,80-76+. The van der Waals surface area contributed by atoms with Gasteiger partial charge in [-0.3, -0.25) is 9.59 Å². The molecule has 1 amide bonds. The zero-order valence-corrected chi connectivity index (χ0v) is 64.0. The van der Waals surface area contributed by atoms with Crippen molar-refractivity contribution >= 4 is 11.9 Å². The molecule has 0 aliphatic heterocycles. The van der Waals surface area contributed by atoms with E-state index < -0.39 is 12.1 Å². The van der Waals surface area contributed by atoms with Gasteiger partial charge in [0, 0.05) is 12.8 Å². The number of carbonyl (C=O) groups excluding carboxylic acids is 2. The molecule has 2 unspecified atom stereocenters. The molecule has 3 N–H and O–H groups in total. The second kappa shape index (κ2) is 83.5. The summed E-state index contributed by atoms with van der Waals surface area (Å²) in [5, 5.41) is 23.3. The van der Waals surface area contributed by atoms with Gasteiger partial charge in [0.2, 0.25) is 5.91 Å². The SMILES string of the molecule is CCCCCCCCCCCCCCCCCCCC/C=C/C(O)C(CO)NC(=O)CCCCCCCCCCCCCCCCCCC/C=C\C/C=C\CCCCCCCCCCCCCCCCCOC(=O)CCCCCCCCCCCCCCCCCCCC. The van der Waals surface area contributed by atoms with Crippen LogP contribution in [0.2, 0.25) is 0 Å². The number of esters is 1. The van der Waals surface area contributed by atoms with Gasteiger partial charge < -0.3 is 20.3 Å². The van der Waals surface area contributed by atoms with E-state index >= 15 is 0 Å². The van der Waals surface area contributed by atoms with Crippen LogP contribution in [0.15, 0.2) is 36.5 Å². The fourth-order valence-corrected chi connectivity index (χ4v) is 13.8. The minimum Gasteiger partial charge on any atom is -0.466 e. The Morgan fingerprint density at radius 1 is 0.298 bits per heavy atom. The van der Waals surface area contributed by atoms with Gasteiger partial charge in [-0.1, -0.05) is 448 Å². The van der Waals surface area contributed by atoms with Crippen LogP contribution in [0.1, 0.15) is 489 Å². The molecule has 0 saturated carbocycles. The van der Waals surface area contributed by atoms with Gasteiger partial charge >= 0.3 is 5.97 Å². The Bertz CT molecular complexity index is 1520. The lowest BCUT2D eigenvalue weighted by Gasteiger charge is -2.20. The van der Waals surface area contributed by atoms with Gasteiger partial charge in [0.25, 0.3) is 0 Å². The van der Waals surface area contributed by atoms with E-state index in [1.165, 1.54) is 417 Å². The molecule has 0 aliphatic rings. The average molecular weight is 1320 g/mol. The summed E-state index contributed by atoms with van der Waals surface area (Å²) in [5.41, 5.74) is 0. The summed E-state index contributed by atoms with van der Waals surface area (Å²) in [6, 6.07) is -0.627. The lowest BCUT2D eigenvalue weighted by atomic mass is 10.0. The second-order valence-corrected chi connectivity index (χ2v) is 29.9. The zero-order chi connectivity index (χ0) is 67.7. The van der Waals surface area contributed by atoms with Crippen molar-refractivity contribution in [3.63, 3.8) is 0 Å². The topological polar surface area (TPSA) is 95.9 Å². The first-order valence-electron chi connectivity index (χ1n) is 43.3. The Kier molecular flexibility index (Phi) is 81.8. The van der Waals surface area contributed by atoms with Crippen LogP contribution >= 0.6 is 0 Å². The molecule has 6 heteroatoms. The zero-order valence-electron chi connectivity index (χ0n) is 64.0. The Morgan fingerprint density at radius 3 is 0.809 bits per heavy atom. The van der Waals surface area contributed by atoms with Crippen LogP contribution in [0.3, 0.4) is 0 Å². The largest absolute Gasteiger partial charge is 0.466 e. The summed E-state index contributed by atoms with van der Waals surface area (Å²) in [6.07, 6.45) is 110. The number of ether oxygens (including phenoxy) is 1. The van der Waals surface area contributed by atoms with E-state index in [1.54, 1.807) is 6.08 Å². The van der Waals surface area contributed by atoms with Crippen LogP contribution in [-0.2, 0) is 14.3 Å². The molecule has 556 valence electrons. The number of unbranched alkanes of at least 4 members (excludes halogenated alkanes) is 67. The highest BCUT2D eigenvalue weighted by molar-refractivity contribution is 5.76. The number of rotatable bonds is 82. The molecule has 0 fully saturated rings. The molecule has 0 spiro atoms. The molecule has 0 heterocycles. The summed E-state index contributed by atoms with van der Waals surface area (Å²) in [4.78, 5) is 24.7. The van der Waals surface area contributed by atoms with Crippen molar-refractivity contribution < 1.29 is 24.5 Å². The number of amides is 1. The molecule has 0 aromatic heterocycles. The lowest BCUT2D eigenvalue weighted by Crippen LogP contribution is -2.45. The number of aliphatic hydroxyl groups excluding tert-OH is 2. The van der Waals surface area contributed by atoms with Crippen molar-refractivity contribution in [2.75, 3.05) is 13.2 Å². The van der Waals surface area contributed by atoms with Gasteiger partial charge in [-0.15, -0.1) is 0 Å². The summed E-state index contributed by atoms with van der Waals surface area (Å²) in [7, 11) is 0. The maximum Gasteiger partial charge on any atom is 0.305 e.